The molecule has 128 valence electrons. The Morgan fingerprint density at radius 1 is 1.33 bits per heavy atom. The minimum atomic E-state index is -0.922. The van der Waals surface area contributed by atoms with Crippen LogP contribution in [-0.2, 0) is 4.79 Å². The van der Waals surface area contributed by atoms with Gasteiger partial charge in [0, 0.05) is 26.0 Å². The molecule has 0 aliphatic rings. The fraction of sp³-hybridized carbons (Fsp3) is 0.353. The zero-order valence-electron chi connectivity index (χ0n) is 14.0. The number of hydrogen-bond donors (Lipinski definition) is 2. The number of carboxylic acid groups (broad SMARTS) is 1. The number of urea groups is 1. The second kappa shape index (κ2) is 7.63. The van der Waals surface area contributed by atoms with Crippen molar-refractivity contribution in [1.82, 2.24) is 20.0 Å². The Morgan fingerprint density at radius 3 is 2.71 bits per heavy atom. The van der Waals surface area contributed by atoms with Gasteiger partial charge in [-0.05, 0) is 30.7 Å². The number of nitrogens with zero attached hydrogens (tertiary/aromatic N) is 3. The molecular weight excluding hydrogens is 308 g/mol. The summed E-state index contributed by atoms with van der Waals surface area (Å²) < 4.78 is 1.75. The third-order valence-corrected chi connectivity index (χ3v) is 3.80. The maximum atomic E-state index is 12.2. The lowest BCUT2D eigenvalue weighted by Gasteiger charge is -2.23. The Kier molecular flexibility index (Phi) is 5.57. The van der Waals surface area contributed by atoms with Gasteiger partial charge >= 0.3 is 12.0 Å². The lowest BCUT2D eigenvalue weighted by molar-refractivity contribution is -0.141. The number of nitrogens with one attached hydrogen (secondary N) is 1. The first-order chi connectivity index (χ1) is 11.4. The standard InChI is InChI=1S/C17H22N4O3/c1-12(16(22)23)11-20(3)17(24)19-13(2)14-6-4-7-15(10-14)21-9-5-8-18-21/h4-10,12-13H,11H2,1-3H3,(H,19,24)(H,22,23). The van der Waals surface area contributed by atoms with Gasteiger partial charge in [-0.1, -0.05) is 19.1 Å². The molecule has 24 heavy (non-hydrogen) atoms. The molecule has 0 bridgehead atoms. The molecule has 2 unspecified atom stereocenters. The van der Waals surface area contributed by atoms with Crippen LogP contribution in [0.4, 0.5) is 4.79 Å². The first-order valence-corrected chi connectivity index (χ1v) is 7.73. The van der Waals surface area contributed by atoms with E-state index < -0.39 is 11.9 Å². The van der Waals surface area contributed by atoms with Crippen molar-refractivity contribution in [2.45, 2.75) is 19.9 Å². The van der Waals surface area contributed by atoms with Gasteiger partial charge in [0.1, 0.15) is 0 Å². The monoisotopic (exact) mass is 330 g/mol. The van der Waals surface area contributed by atoms with Crippen molar-refractivity contribution in [3.05, 3.63) is 48.3 Å². The van der Waals surface area contributed by atoms with Gasteiger partial charge in [-0.15, -0.1) is 0 Å². The number of aliphatic carboxylic acids is 1. The molecule has 2 rings (SSSR count). The minimum absolute atomic E-state index is 0.154. The molecule has 0 aliphatic carbocycles. The fourth-order valence-electron chi connectivity index (χ4n) is 2.31. The average molecular weight is 330 g/mol. The number of carboxylic acids is 1. The van der Waals surface area contributed by atoms with Crippen LogP contribution in [0, 0.1) is 5.92 Å². The van der Waals surface area contributed by atoms with Gasteiger partial charge in [0.2, 0.25) is 0 Å². The summed E-state index contributed by atoms with van der Waals surface area (Å²) in [5.74, 6) is -1.53. The SMILES string of the molecule is CC(CN(C)C(=O)NC(C)c1cccc(-n2cccn2)c1)C(=O)O. The van der Waals surface area contributed by atoms with Gasteiger partial charge in [-0.25, -0.2) is 9.48 Å². The van der Waals surface area contributed by atoms with Crippen molar-refractivity contribution in [2.75, 3.05) is 13.6 Å². The lowest BCUT2D eigenvalue weighted by Crippen LogP contribution is -2.41. The Labute approximate surface area is 140 Å². The van der Waals surface area contributed by atoms with Crippen LogP contribution in [0.15, 0.2) is 42.7 Å². The third-order valence-electron chi connectivity index (χ3n) is 3.80. The van der Waals surface area contributed by atoms with Gasteiger partial charge in [0.25, 0.3) is 0 Å². The number of carbonyl (C=O) groups is 2. The van der Waals surface area contributed by atoms with E-state index in [1.165, 1.54) is 4.90 Å². The topological polar surface area (TPSA) is 87.5 Å². The second-order valence-corrected chi connectivity index (χ2v) is 5.84. The molecule has 1 aromatic heterocycles. The van der Waals surface area contributed by atoms with Crippen LogP contribution in [0.3, 0.4) is 0 Å². The smallest absolute Gasteiger partial charge is 0.317 e. The highest BCUT2D eigenvalue weighted by atomic mass is 16.4. The van der Waals surface area contributed by atoms with Crippen molar-refractivity contribution >= 4 is 12.0 Å². The first kappa shape index (κ1) is 17.5. The lowest BCUT2D eigenvalue weighted by atomic mass is 10.1. The quantitative estimate of drug-likeness (QED) is 0.851. The Morgan fingerprint density at radius 2 is 2.08 bits per heavy atom. The Bertz CT molecular complexity index is 700. The normalized spacial score (nSPS) is 13.1. The highest BCUT2D eigenvalue weighted by Crippen LogP contribution is 2.17. The van der Waals surface area contributed by atoms with Crippen LogP contribution < -0.4 is 5.32 Å². The molecule has 2 N–H and O–H groups in total. The maximum absolute atomic E-state index is 12.2. The van der Waals surface area contributed by atoms with E-state index in [1.54, 1.807) is 24.9 Å². The molecular formula is C17H22N4O3. The van der Waals surface area contributed by atoms with E-state index in [2.05, 4.69) is 10.4 Å². The molecule has 0 aliphatic heterocycles. The number of rotatable bonds is 6. The molecule has 0 saturated heterocycles. The second-order valence-electron chi connectivity index (χ2n) is 5.84. The molecule has 1 heterocycles. The van der Waals surface area contributed by atoms with E-state index in [0.29, 0.717) is 0 Å². The Hall–Kier alpha value is -2.83. The third kappa shape index (κ3) is 4.34. The minimum Gasteiger partial charge on any atom is -0.481 e. The zero-order chi connectivity index (χ0) is 17.7. The number of benzene rings is 1. The summed E-state index contributed by atoms with van der Waals surface area (Å²) in [5, 5.41) is 16.0. The highest BCUT2D eigenvalue weighted by Gasteiger charge is 2.19. The van der Waals surface area contributed by atoms with Gasteiger partial charge in [-0.3, -0.25) is 4.79 Å². The van der Waals surface area contributed by atoms with E-state index in [-0.39, 0.29) is 18.6 Å². The molecule has 0 radical (unpaired) electrons. The Balaban J connectivity index is 2.01. The molecule has 7 heteroatoms. The number of carbonyl (C=O) groups excluding carboxylic acids is 1. The number of aromatic nitrogens is 2. The van der Waals surface area contributed by atoms with E-state index >= 15 is 0 Å². The van der Waals surface area contributed by atoms with Crippen LogP contribution in [0.5, 0.6) is 0 Å². The van der Waals surface area contributed by atoms with Crippen LogP contribution in [-0.4, -0.2) is 45.4 Å². The molecule has 0 spiro atoms. The largest absolute Gasteiger partial charge is 0.481 e. The predicted octanol–water partition coefficient (Wildman–Crippen LogP) is 2.30. The van der Waals surface area contributed by atoms with Crippen LogP contribution in [0.2, 0.25) is 0 Å². The summed E-state index contributed by atoms with van der Waals surface area (Å²) in [6, 6.07) is 9.05. The van der Waals surface area contributed by atoms with E-state index in [9.17, 15) is 9.59 Å². The van der Waals surface area contributed by atoms with E-state index in [1.807, 2.05) is 43.5 Å². The highest BCUT2D eigenvalue weighted by molar-refractivity contribution is 5.76. The summed E-state index contributed by atoms with van der Waals surface area (Å²) in [7, 11) is 1.58. The fourth-order valence-corrected chi connectivity index (χ4v) is 2.31. The summed E-state index contributed by atoms with van der Waals surface area (Å²) in [6.45, 7) is 3.61. The summed E-state index contributed by atoms with van der Waals surface area (Å²) in [6.07, 6.45) is 3.56. The molecule has 7 nitrogen and oxygen atoms in total. The molecule has 2 aromatic rings. The van der Waals surface area contributed by atoms with Gasteiger partial charge in [0.15, 0.2) is 0 Å². The molecule has 0 saturated carbocycles. The first-order valence-electron chi connectivity index (χ1n) is 7.73. The zero-order valence-corrected chi connectivity index (χ0v) is 14.0. The van der Waals surface area contributed by atoms with Crippen molar-refractivity contribution in [3.63, 3.8) is 0 Å². The molecule has 2 atom stereocenters. The summed E-state index contributed by atoms with van der Waals surface area (Å²) >= 11 is 0. The van der Waals surface area contributed by atoms with Crippen molar-refractivity contribution < 1.29 is 14.7 Å². The molecule has 2 amide bonds. The van der Waals surface area contributed by atoms with Gasteiger partial charge in [-0.2, -0.15) is 5.10 Å². The van der Waals surface area contributed by atoms with Gasteiger partial charge in [0.05, 0.1) is 17.6 Å². The summed E-state index contributed by atoms with van der Waals surface area (Å²) in [5.41, 5.74) is 1.85. The maximum Gasteiger partial charge on any atom is 0.317 e. The number of hydrogen-bond acceptors (Lipinski definition) is 3. The summed E-state index contributed by atoms with van der Waals surface area (Å²) in [4.78, 5) is 24.5. The number of amides is 2. The van der Waals surface area contributed by atoms with Crippen molar-refractivity contribution in [2.24, 2.45) is 5.92 Å². The van der Waals surface area contributed by atoms with E-state index in [4.69, 9.17) is 5.11 Å². The predicted molar refractivity (Wildman–Crippen MR) is 89.9 cm³/mol. The molecule has 0 fully saturated rings. The van der Waals surface area contributed by atoms with Crippen LogP contribution >= 0.6 is 0 Å². The van der Waals surface area contributed by atoms with Gasteiger partial charge < -0.3 is 15.3 Å². The van der Waals surface area contributed by atoms with Crippen molar-refractivity contribution in [1.29, 1.82) is 0 Å². The van der Waals surface area contributed by atoms with E-state index in [0.717, 1.165) is 11.3 Å². The van der Waals surface area contributed by atoms with Crippen molar-refractivity contribution in [3.8, 4) is 5.69 Å². The molecule has 1 aromatic carbocycles. The average Bonchev–Trinajstić information content (AvgIpc) is 3.09. The van der Waals surface area contributed by atoms with Crippen LogP contribution in [0.25, 0.3) is 5.69 Å². The van der Waals surface area contributed by atoms with Crippen LogP contribution in [0.1, 0.15) is 25.5 Å².